The number of aliphatic hydroxyl groups is 1. The molecule has 1 aliphatic heterocycles. The predicted octanol–water partition coefficient (Wildman–Crippen LogP) is 6.29. The Hall–Kier alpha value is -2.41. The molecule has 0 radical (unpaired) electrons. The maximum absolute atomic E-state index is 12.4. The molecule has 0 spiro atoms. The van der Waals surface area contributed by atoms with Crippen LogP contribution in [0.5, 0.6) is 0 Å². The molecule has 5 fully saturated rings. The van der Waals surface area contributed by atoms with Gasteiger partial charge in [-0.05, 0) is 98.5 Å². The summed E-state index contributed by atoms with van der Waals surface area (Å²) in [6.07, 6.45) is 9.65. The van der Waals surface area contributed by atoms with E-state index in [1.807, 2.05) is 19.9 Å². The van der Waals surface area contributed by atoms with Crippen LogP contribution in [0, 0.1) is 39.9 Å². The van der Waals surface area contributed by atoms with E-state index in [0.717, 1.165) is 89.7 Å². The molecule has 1 aromatic rings. The summed E-state index contributed by atoms with van der Waals surface area (Å²) < 4.78 is 21.8. The van der Waals surface area contributed by atoms with E-state index < -0.39 is 11.8 Å². The van der Waals surface area contributed by atoms with Gasteiger partial charge in [-0.15, -0.1) is 0 Å². The van der Waals surface area contributed by atoms with Crippen molar-refractivity contribution in [2.75, 3.05) is 39.5 Å². The lowest BCUT2D eigenvalue weighted by Gasteiger charge is -2.63. The molecule has 0 aromatic carbocycles. The van der Waals surface area contributed by atoms with Crippen LogP contribution in [0.4, 0.5) is 4.79 Å². The van der Waals surface area contributed by atoms with Gasteiger partial charge in [-0.3, -0.25) is 4.90 Å². The predicted molar refractivity (Wildman–Crippen MR) is 167 cm³/mol. The molecule has 2 heterocycles. The average Bonchev–Trinajstić information content (AvgIpc) is 3.30. The van der Waals surface area contributed by atoms with Crippen LogP contribution < -0.4 is 5.63 Å². The van der Waals surface area contributed by atoms with Crippen molar-refractivity contribution in [1.82, 2.24) is 4.90 Å². The van der Waals surface area contributed by atoms with Crippen molar-refractivity contribution in [3.63, 3.8) is 0 Å². The fourth-order valence-corrected chi connectivity index (χ4v) is 9.65. The second-order valence-corrected chi connectivity index (χ2v) is 13.6. The number of nitriles is 1. The molecule has 1 N–H and O–H groups in total. The van der Waals surface area contributed by atoms with Crippen LogP contribution in [0.15, 0.2) is 27.6 Å². The van der Waals surface area contributed by atoms with E-state index in [1.54, 1.807) is 12.3 Å². The Kier molecular flexibility index (Phi) is 11.6. The summed E-state index contributed by atoms with van der Waals surface area (Å²) in [5.41, 5.74) is -0.0587. The van der Waals surface area contributed by atoms with Gasteiger partial charge < -0.3 is 23.7 Å². The van der Waals surface area contributed by atoms with Gasteiger partial charge in [0.05, 0.1) is 31.1 Å². The van der Waals surface area contributed by atoms with Crippen molar-refractivity contribution >= 4 is 6.16 Å². The Morgan fingerprint density at radius 2 is 1.80 bits per heavy atom. The van der Waals surface area contributed by atoms with E-state index in [9.17, 15) is 14.7 Å². The molecular formula is C35H54N2O7. The zero-order chi connectivity index (χ0) is 32.0. The van der Waals surface area contributed by atoms with Gasteiger partial charge in [0.1, 0.15) is 12.7 Å². The van der Waals surface area contributed by atoms with Gasteiger partial charge in [0.15, 0.2) is 0 Å². The summed E-state index contributed by atoms with van der Waals surface area (Å²) in [4.78, 5) is 26.2. The first-order chi connectivity index (χ1) is 21.1. The highest BCUT2D eigenvalue weighted by atomic mass is 16.7. The van der Waals surface area contributed by atoms with Crippen molar-refractivity contribution < 1.29 is 28.5 Å². The first kappa shape index (κ1) is 34.5. The first-order valence-corrected chi connectivity index (χ1v) is 16.9. The van der Waals surface area contributed by atoms with E-state index in [1.165, 1.54) is 13.0 Å². The molecule has 9 nitrogen and oxygen atoms in total. The summed E-state index contributed by atoms with van der Waals surface area (Å²) in [6.45, 7) is 14.4. The van der Waals surface area contributed by atoms with E-state index in [-0.39, 0.29) is 34.4 Å². The van der Waals surface area contributed by atoms with Crippen molar-refractivity contribution in [3.05, 3.63) is 34.4 Å². The molecule has 8 unspecified atom stereocenters. The smallest absolute Gasteiger partial charge is 0.433 e. The van der Waals surface area contributed by atoms with Gasteiger partial charge in [-0.25, -0.2) is 9.59 Å². The zero-order valence-corrected chi connectivity index (χ0v) is 27.5. The molecule has 0 bridgehead atoms. The van der Waals surface area contributed by atoms with Crippen LogP contribution >= 0.6 is 0 Å². The Balaban J connectivity index is 0.000000834. The second-order valence-electron chi connectivity index (χ2n) is 13.6. The second kappa shape index (κ2) is 14.8. The standard InChI is InChI=1S/C31H45NO7.C2H3N.C2H6/c1-29-10-7-23(39-28(34)37-18-15-32-13-16-36-17-14-32)19-22(29)4-5-26-25(29)8-11-30(2)24(9-12-31(26,30)35)21-3-6-27(33)38-20-21;1-2-3;1-2/h3,6,20,22-26,35H,4-5,7-19H2,1-2H3;1H3;1-2H3. The number of hydrogen-bond donors (Lipinski definition) is 1. The van der Waals surface area contributed by atoms with E-state index >= 15 is 0 Å². The van der Waals surface area contributed by atoms with Gasteiger partial charge in [-0.2, -0.15) is 5.26 Å². The third kappa shape index (κ3) is 6.73. The Bertz CT molecular complexity index is 1170. The minimum atomic E-state index is -0.706. The molecule has 1 saturated heterocycles. The molecular weight excluding hydrogens is 560 g/mol. The number of nitrogens with zero attached hydrogens (tertiary/aromatic N) is 2. The molecule has 9 heteroatoms. The maximum Gasteiger partial charge on any atom is 0.508 e. The van der Waals surface area contributed by atoms with Gasteiger partial charge >= 0.3 is 11.8 Å². The number of carbonyl (C=O) groups excluding carboxylic acids is 1. The first-order valence-electron chi connectivity index (χ1n) is 16.9. The fourth-order valence-electron chi connectivity index (χ4n) is 9.65. The Labute approximate surface area is 263 Å². The van der Waals surface area contributed by atoms with Crippen LogP contribution in [0.1, 0.15) is 104 Å². The van der Waals surface area contributed by atoms with Crippen LogP contribution in [0.3, 0.4) is 0 Å². The lowest BCUT2D eigenvalue weighted by atomic mass is 9.43. The monoisotopic (exact) mass is 614 g/mol. The quantitative estimate of drug-likeness (QED) is 0.381. The number of fused-ring (bicyclic) bond motifs is 5. The molecule has 0 amide bonds. The molecule has 246 valence electrons. The van der Waals surface area contributed by atoms with Crippen molar-refractivity contribution in [3.8, 4) is 6.07 Å². The third-order valence-electron chi connectivity index (χ3n) is 11.9. The highest BCUT2D eigenvalue weighted by Gasteiger charge is 2.67. The number of hydrogen-bond acceptors (Lipinski definition) is 9. The number of rotatable bonds is 5. The average molecular weight is 615 g/mol. The molecule has 1 aromatic heterocycles. The summed E-state index contributed by atoms with van der Waals surface area (Å²) in [5.74, 6) is 1.45. The van der Waals surface area contributed by atoms with Gasteiger partial charge in [0.2, 0.25) is 0 Å². The normalized spacial score (nSPS) is 37.7. The Morgan fingerprint density at radius 3 is 2.48 bits per heavy atom. The van der Waals surface area contributed by atoms with Crippen LogP contribution in [0.25, 0.3) is 0 Å². The van der Waals surface area contributed by atoms with Crippen molar-refractivity contribution in [2.24, 2.45) is 28.6 Å². The van der Waals surface area contributed by atoms with E-state index in [4.69, 9.17) is 23.9 Å². The van der Waals surface area contributed by atoms with Gasteiger partial charge in [0.25, 0.3) is 0 Å². The lowest BCUT2D eigenvalue weighted by molar-refractivity contribution is -0.205. The number of carbonyl (C=O) groups is 1. The molecule has 8 atom stereocenters. The van der Waals surface area contributed by atoms with Crippen LogP contribution in [0.2, 0.25) is 0 Å². The number of morpholine rings is 1. The highest BCUT2D eigenvalue weighted by molar-refractivity contribution is 5.60. The van der Waals surface area contributed by atoms with Crippen LogP contribution in [-0.4, -0.2) is 67.3 Å². The molecule has 6 rings (SSSR count). The van der Waals surface area contributed by atoms with Gasteiger partial charge in [-0.1, -0.05) is 27.7 Å². The Morgan fingerprint density at radius 1 is 1.07 bits per heavy atom. The SMILES string of the molecule is CC.CC#N.CC12CCC(OC(=O)OCCN3CCOCC3)CC1CCC1C2CCC2(C)C(c3ccc(=O)oc3)CCC12O. The molecule has 4 aliphatic carbocycles. The summed E-state index contributed by atoms with van der Waals surface area (Å²) in [7, 11) is 0. The van der Waals surface area contributed by atoms with Crippen molar-refractivity contribution in [1.29, 1.82) is 5.26 Å². The maximum atomic E-state index is 12.4. The van der Waals surface area contributed by atoms with Crippen molar-refractivity contribution in [2.45, 2.75) is 110 Å². The van der Waals surface area contributed by atoms with E-state index in [0.29, 0.717) is 25.0 Å². The summed E-state index contributed by atoms with van der Waals surface area (Å²) in [6, 6.07) is 5.15. The molecule has 5 aliphatic rings. The minimum Gasteiger partial charge on any atom is -0.433 e. The van der Waals surface area contributed by atoms with Crippen LogP contribution in [-0.2, 0) is 14.2 Å². The van der Waals surface area contributed by atoms with Gasteiger partial charge in [0, 0.05) is 38.0 Å². The lowest BCUT2D eigenvalue weighted by Crippen LogP contribution is -2.62. The third-order valence-corrected chi connectivity index (χ3v) is 11.9. The van der Waals surface area contributed by atoms with E-state index in [2.05, 4.69) is 18.7 Å². The largest absolute Gasteiger partial charge is 0.508 e. The topological polar surface area (TPSA) is 122 Å². The summed E-state index contributed by atoms with van der Waals surface area (Å²) >= 11 is 0. The highest BCUT2D eigenvalue weighted by Crippen LogP contribution is 2.70. The zero-order valence-electron chi connectivity index (χ0n) is 27.5. The fraction of sp³-hybridized carbons (Fsp3) is 0.800. The minimum absolute atomic E-state index is 0.0870. The molecule has 4 saturated carbocycles. The number of ether oxygens (including phenoxy) is 3. The molecule has 44 heavy (non-hydrogen) atoms. The summed E-state index contributed by atoms with van der Waals surface area (Å²) in [5, 5.41) is 19.7.